The maximum absolute atomic E-state index is 11.5. The molecule has 0 spiro atoms. The van der Waals surface area contributed by atoms with Gasteiger partial charge in [0, 0.05) is 26.9 Å². The zero-order valence-corrected chi connectivity index (χ0v) is 19.8. The van der Waals surface area contributed by atoms with Crippen molar-refractivity contribution in [3.8, 4) is 0 Å². The van der Waals surface area contributed by atoms with Gasteiger partial charge in [0.1, 0.15) is 0 Å². The highest BCUT2D eigenvalue weighted by atomic mass is 32.2. The van der Waals surface area contributed by atoms with Gasteiger partial charge in [-0.2, -0.15) is 8.42 Å². The summed E-state index contributed by atoms with van der Waals surface area (Å²) in [4.78, 5) is 25.9. The van der Waals surface area contributed by atoms with Crippen molar-refractivity contribution in [1.82, 2.24) is 9.80 Å². The number of carbonyl (C=O) groups excluding carboxylic acids is 2. The quantitative estimate of drug-likeness (QED) is 0.179. The summed E-state index contributed by atoms with van der Waals surface area (Å²) in [6.07, 6.45) is 6.68. The molecular weight excluding hydrogens is 444 g/mol. The Kier molecular flexibility index (Phi) is 39.6. The van der Waals surface area contributed by atoms with Crippen LogP contribution in [0.4, 0.5) is 0 Å². The van der Waals surface area contributed by atoms with Gasteiger partial charge < -0.3 is 14.5 Å². The average molecular weight is 503 g/mol. The van der Waals surface area contributed by atoms with Crippen molar-refractivity contribution < 1.29 is 27.3 Å². The van der Waals surface area contributed by atoms with Gasteiger partial charge in [-0.3, -0.25) is 14.1 Å². The molecule has 0 heterocycles. The van der Waals surface area contributed by atoms with Crippen molar-refractivity contribution in [2.75, 3.05) is 46.1 Å². The predicted octanol–water partition coefficient (Wildman–Crippen LogP) is 5.52. The van der Waals surface area contributed by atoms with Crippen LogP contribution in [0.2, 0.25) is 0 Å². The number of nitrogens with zero attached hydrogens (tertiary/aromatic N) is 2. The molecule has 206 valence electrons. The maximum atomic E-state index is 11.5. The molecule has 0 aliphatic heterocycles. The van der Waals surface area contributed by atoms with E-state index in [4.69, 9.17) is 9.29 Å². The molecule has 9 heteroatoms. The van der Waals surface area contributed by atoms with Crippen molar-refractivity contribution in [3.05, 3.63) is 0 Å². The first-order valence-electron chi connectivity index (χ1n) is 10.5. The highest BCUT2D eigenvalue weighted by Crippen LogP contribution is 2.03. The molecule has 8 nitrogen and oxygen atoms in total. The average Bonchev–Trinajstić information content (AvgIpc) is 2.61. The summed E-state index contributed by atoms with van der Waals surface area (Å²) in [5, 5.41) is 0. The normalized spacial score (nSPS) is 9.67. The second-order valence-electron chi connectivity index (χ2n) is 7.26. The van der Waals surface area contributed by atoms with Crippen molar-refractivity contribution in [3.63, 3.8) is 0 Å². The lowest BCUT2D eigenvalue weighted by Gasteiger charge is -2.15. The number of hydrogen-bond acceptors (Lipinski definition) is 6. The minimum Gasteiger partial charge on any atom is -0.466 e. The van der Waals surface area contributed by atoms with E-state index in [0.29, 0.717) is 19.4 Å². The van der Waals surface area contributed by atoms with Gasteiger partial charge in [0.15, 0.2) is 0 Å². The van der Waals surface area contributed by atoms with E-state index in [1.54, 1.807) is 4.90 Å². The molecule has 0 aromatic heterocycles. The molecule has 0 rings (SSSR count). The lowest BCUT2D eigenvalue weighted by Crippen LogP contribution is -2.26. The van der Waals surface area contributed by atoms with E-state index in [1.807, 2.05) is 14.1 Å². The van der Waals surface area contributed by atoms with Crippen LogP contribution in [-0.4, -0.2) is 80.7 Å². The van der Waals surface area contributed by atoms with E-state index in [9.17, 15) is 18.0 Å². The zero-order chi connectivity index (χ0) is 22.7. The van der Waals surface area contributed by atoms with Crippen LogP contribution in [0.1, 0.15) is 102 Å². The second-order valence-corrected chi connectivity index (χ2v) is 8.83. The highest BCUT2D eigenvalue weighted by molar-refractivity contribution is 7.85. The molecule has 1 amide bonds. The van der Waals surface area contributed by atoms with Gasteiger partial charge in [-0.15, -0.1) is 0 Å². The van der Waals surface area contributed by atoms with Gasteiger partial charge in [-0.05, 0) is 65.1 Å². The van der Waals surface area contributed by atoms with Crippen molar-refractivity contribution in [2.24, 2.45) is 0 Å². The summed E-state index contributed by atoms with van der Waals surface area (Å²) in [7, 11) is 0.0960. The highest BCUT2D eigenvalue weighted by Gasteiger charge is 2.06. The molecule has 0 bridgehead atoms. The minimum absolute atomic E-state index is 0. The van der Waals surface area contributed by atoms with Gasteiger partial charge in [0.2, 0.25) is 5.91 Å². The molecule has 0 aliphatic carbocycles. The van der Waals surface area contributed by atoms with Gasteiger partial charge in [-0.1, -0.05) is 43.6 Å². The van der Waals surface area contributed by atoms with Gasteiger partial charge in [0.05, 0.1) is 12.4 Å². The molecule has 33 heavy (non-hydrogen) atoms. The van der Waals surface area contributed by atoms with E-state index in [2.05, 4.69) is 18.7 Å². The van der Waals surface area contributed by atoms with Gasteiger partial charge in [-0.25, -0.2) is 0 Å². The van der Waals surface area contributed by atoms with Crippen LogP contribution >= 0.6 is 0 Å². The lowest BCUT2D eigenvalue weighted by atomic mass is 10.2. The van der Waals surface area contributed by atoms with E-state index < -0.39 is 10.1 Å². The SMILES string of the molecule is C.C.C.C.CCCN(C)C(=O)CCCCCOC(C)=O.CCCN(C)CCCCS(=O)(=O)O. The van der Waals surface area contributed by atoms with Crippen LogP contribution in [0.3, 0.4) is 0 Å². The molecule has 1 N–H and O–H groups in total. The summed E-state index contributed by atoms with van der Waals surface area (Å²) in [6, 6.07) is 0. The molecule has 0 unspecified atom stereocenters. The molecule has 0 aromatic carbocycles. The van der Waals surface area contributed by atoms with Crippen molar-refractivity contribution in [2.45, 2.75) is 102 Å². The maximum Gasteiger partial charge on any atom is 0.302 e. The van der Waals surface area contributed by atoms with Gasteiger partial charge >= 0.3 is 5.97 Å². The Hall–Kier alpha value is -1.19. The molecule has 0 aliphatic rings. The van der Waals surface area contributed by atoms with Crippen LogP contribution in [0.25, 0.3) is 0 Å². The molecule has 0 fully saturated rings. The van der Waals surface area contributed by atoms with E-state index in [-0.39, 0.29) is 47.3 Å². The second kappa shape index (κ2) is 28.8. The molecule has 0 saturated carbocycles. The zero-order valence-electron chi connectivity index (χ0n) is 19.0. The third-order valence-corrected chi connectivity index (χ3v) is 4.93. The first-order valence-corrected chi connectivity index (χ1v) is 12.1. The van der Waals surface area contributed by atoms with E-state index >= 15 is 0 Å². The molecule has 0 saturated heterocycles. The first kappa shape index (κ1) is 45.3. The number of hydrogen-bond donors (Lipinski definition) is 1. The topological polar surface area (TPSA) is 104 Å². The third-order valence-electron chi connectivity index (χ3n) is 4.12. The Morgan fingerprint density at radius 2 is 1.36 bits per heavy atom. The van der Waals surface area contributed by atoms with Crippen LogP contribution in [0.15, 0.2) is 0 Å². The number of carbonyl (C=O) groups is 2. The summed E-state index contributed by atoms with van der Waals surface area (Å²) in [5.74, 6) is -0.152. The fourth-order valence-corrected chi connectivity index (χ4v) is 3.15. The number of amides is 1. The fraction of sp³-hybridized carbons (Fsp3) is 0.917. The summed E-state index contributed by atoms with van der Waals surface area (Å²) < 4.78 is 33.9. The minimum atomic E-state index is -3.75. The summed E-state index contributed by atoms with van der Waals surface area (Å²) in [5.41, 5.74) is 0. The Morgan fingerprint density at radius 1 is 0.818 bits per heavy atom. The Balaban J connectivity index is -0.000000100. The van der Waals surface area contributed by atoms with Gasteiger partial charge in [0.25, 0.3) is 10.1 Å². The largest absolute Gasteiger partial charge is 0.466 e. The van der Waals surface area contributed by atoms with Crippen molar-refractivity contribution >= 4 is 22.0 Å². The van der Waals surface area contributed by atoms with Crippen LogP contribution in [-0.2, 0) is 24.4 Å². The summed E-state index contributed by atoms with van der Waals surface area (Å²) in [6.45, 7) is 8.79. The van der Waals surface area contributed by atoms with Crippen LogP contribution in [0, 0.1) is 0 Å². The number of rotatable bonds is 15. The van der Waals surface area contributed by atoms with E-state index in [1.165, 1.54) is 6.92 Å². The number of ether oxygens (including phenoxy) is 1. The van der Waals surface area contributed by atoms with Crippen molar-refractivity contribution in [1.29, 1.82) is 0 Å². The Morgan fingerprint density at radius 3 is 1.82 bits per heavy atom. The molecule has 0 aromatic rings. The van der Waals surface area contributed by atoms with Crippen LogP contribution < -0.4 is 0 Å². The Labute approximate surface area is 207 Å². The smallest absolute Gasteiger partial charge is 0.302 e. The number of unbranched alkanes of at least 4 members (excludes halogenated alkanes) is 3. The molecular formula is C24H58N2O6S. The molecule has 0 radical (unpaired) electrons. The third kappa shape index (κ3) is 38.4. The van der Waals surface area contributed by atoms with Crippen LogP contribution in [0.5, 0.6) is 0 Å². The number of esters is 1. The fourth-order valence-electron chi connectivity index (χ4n) is 2.58. The summed E-state index contributed by atoms with van der Waals surface area (Å²) >= 11 is 0. The van der Waals surface area contributed by atoms with E-state index in [0.717, 1.165) is 58.2 Å². The Bertz CT molecular complexity index is 527. The standard InChI is InChI=1S/C12H23NO3.C8H19NO3S.4CH4/c1-4-9-13(3)12(15)8-6-5-7-10-16-11(2)14;1-3-6-9(2)7-4-5-8-13(10,11)12;;;;/h4-10H2,1-3H3;3-8H2,1-2H3,(H,10,11,12);4*1H4. The predicted molar refractivity (Wildman–Crippen MR) is 143 cm³/mol. The monoisotopic (exact) mass is 502 g/mol. The first-order chi connectivity index (χ1) is 13.5. The lowest BCUT2D eigenvalue weighted by molar-refractivity contribution is -0.141. The molecule has 0 atom stereocenters.